The average Bonchev–Trinajstić information content (AvgIpc) is 2.38. The molecule has 0 bridgehead atoms. The van der Waals surface area contributed by atoms with E-state index in [0.717, 1.165) is 6.07 Å². The Hall–Kier alpha value is -2.64. The van der Waals surface area contributed by atoms with E-state index >= 15 is 0 Å². The SMILES string of the molecule is CCNC(=O)CCNc1ccc(C(N)=O)cc1[N+](=O)[O-]. The summed E-state index contributed by atoms with van der Waals surface area (Å²) in [5, 5.41) is 16.3. The number of carbonyl (C=O) groups excluding carboxylic acids is 2. The number of carbonyl (C=O) groups is 2. The second kappa shape index (κ2) is 7.07. The molecule has 108 valence electrons. The Labute approximate surface area is 115 Å². The maximum absolute atomic E-state index is 11.2. The van der Waals surface area contributed by atoms with Crippen LogP contribution in [0.5, 0.6) is 0 Å². The molecule has 0 saturated heterocycles. The van der Waals surface area contributed by atoms with Crippen LogP contribution in [0.25, 0.3) is 0 Å². The number of nitrogens with one attached hydrogen (secondary N) is 2. The van der Waals surface area contributed by atoms with Crippen molar-refractivity contribution in [3.05, 3.63) is 33.9 Å². The van der Waals surface area contributed by atoms with E-state index in [2.05, 4.69) is 10.6 Å². The van der Waals surface area contributed by atoms with E-state index in [-0.39, 0.29) is 35.8 Å². The zero-order valence-corrected chi connectivity index (χ0v) is 11.0. The van der Waals surface area contributed by atoms with Gasteiger partial charge in [0.05, 0.1) is 4.92 Å². The molecule has 20 heavy (non-hydrogen) atoms. The number of anilines is 1. The summed E-state index contributed by atoms with van der Waals surface area (Å²) < 4.78 is 0. The van der Waals surface area contributed by atoms with Gasteiger partial charge in [-0.1, -0.05) is 0 Å². The standard InChI is InChI=1S/C12H16N4O4/c1-2-14-11(17)5-6-15-9-4-3-8(12(13)18)7-10(9)16(19)20/h3-4,7,15H,2,5-6H2,1H3,(H2,13,18)(H,14,17). The lowest BCUT2D eigenvalue weighted by molar-refractivity contribution is -0.384. The molecule has 4 N–H and O–H groups in total. The van der Waals surface area contributed by atoms with Gasteiger partial charge in [0.1, 0.15) is 5.69 Å². The number of benzene rings is 1. The number of nitrogens with two attached hydrogens (primary N) is 1. The molecular formula is C12H16N4O4. The van der Waals surface area contributed by atoms with Gasteiger partial charge in [0, 0.05) is 31.1 Å². The maximum Gasteiger partial charge on any atom is 0.293 e. The maximum atomic E-state index is 11.2. The van der Waals surface area contributed by atoms with Crippen LogP contribution >= 0.6 is 0 Å². The van der Waals surface area contributed by atoms with E-state index in [0.29, 0.717) is 6.54 Å². The minimum Gasteiger partial charge on any atom is -0.379 e. The third kappa shape index (κ3) is 4.23. The van der Waals surface area contributed by atoms with Crippen molar-refractivity contribution in [2.75, 3.05) is 18.4 Å². The molecule has 0 spiro atoms. The van der Waals surface area contributed by atoms with Crippen molar-refractivity contribution < 1.29 is 14.5 Å². The number of rotatable bonds is 7. The van der Waals surface area contributed by atoms with Crippen LogP contribution in [-0.4, -0.2) is 29.8 Å². The molecule has 0 aliphatic rings. The molecule has 0 saturated carbocycles. The number of hydrogen-bond acceptors (Lipinski definition) is 5. The lowest BCUT2D eigenvalue weighted by atomic mass is 10.1. The van der Waals surface area contributed by atoms with Crippen LogP contribution in [0.3, 0.4) is 0 Å². The molecule has 0 aromatic heterocycles. The van der Waals surface area contributed by atoms with Crippen molar-refractivity contribution in [1.82, 2.24) is 5.32 Å². The molecule has 1 aromatic rings. The minimum absolute atomic E-state index is 0.0611. The third-order valence-corrected chi connectivity index (χ3v) is 2.52. The van der Waals surface area contributed by atoms with Crippen LogP contribution in [-0.2, 0) is 4.79 Å². The van der Waals surface area contributed by atoms with Gasteiger partial charge in [-0.3, -0.25) is 19.7 Å². The molecule has 0 unspecified atom stereocenters. The van der Waals surface area contributed by atoms with Crippen molar-refractivity contribution in [2.24, 2.45) is 5.73 Å². The highest BCUT2D eigenvalue weighted by atomic mass is 16.6. The van der Waals surface area contributed by atoms with E-state index in [1.165, 1.54) is 12.1 Å². The van der Waals surface area contributed by atoms with Crippen LogP contribution in [0.4, 0.5) is 11.4 Å². The van der Waals surface area contributed by atoms with Gasteiger partial charge in [0.15, 0.2) is 0 Å². The van der Waals surface area contributed by atoms with Crippen molar-refractivity contribution >= 4 is 23.2 Å². The Morgan fingerprint density at radius 1 is 1.40 bits per heavy atom. The fourth-order valence-electron chi connectivity index (χ4n) is 1.58. The first-order chi connectivity index (χ1) is 9.45. The van der Waals surface area contributed by atoms with Crippen LogP contribution < -0.4 is 16.4 Å². The monoisotopic (exact) mass is 280 g/mol. The molecule has 1 rings (SSSR count). The zero-order valence-electron chi connectivity index (χ0n) is 11.0. The Morgan fingerprint density at radius 2 is 2.10 bits per heavy atom. The summed E-state index contributed by atoms with van der Waals surface area (Å²) in [5.41, 5.74) is 5.12. The van der Waals surface area contributed by atoms with Crippen LogP contribution in [0, 0.1) is 10.1 Å². The number of nitrogens with zero attached hydrogens (tertiary/aromatic N) is 1. The van der Waals surface area contributed by atoms with Crippen molar-refractivity contribution in [3.63, 3.8) is 0 Å². The minimum atomic E-state index is -0.734. The van der Waals surface area contributed by atoms with Gasteiger partial charge in [-0.2, -0.15) is 0 Å². The first kappa shape index (κ1) is 15.4. The normalized spacial score (nSPS) is 9.85. The molecule has 0 fully saturated rings. The first-order valence-corrected chi connectivity index (χ1v) is 6.04. The predicted molar refractivity (Wildman–Crippen MR) is 73.4 cm³/mol. The van der Waals surface area contributed by atoms with E-state index in [4.69, 9.17) is 5.73 Å². The fraction of sp³-hybridized carbons (Fsp3) is 0.333. The van der Waals surface area contributed by atoms with Crippen molar-refractivity contribution in [3.8, 4) is 0 Å². The fourth-order valence-corrected chi connectivity index (χ4v) is 1.58. The van der Waals surface area contributed by atoms with E-state index in [1.54, 1.807) is 6.92 Å². The molecule has 0 aliphatic carbocycles. The molecular weight excluding hydrogens is 264 g/mol. The van der Waals surface area contributed by atoms with E-state index in [1.807, 2.05) is 0 Å². The predicted octanol–water partition coefficient (Wildman–Crippen LogP) is 0.632. The van der Waals surface area contributed by atoms with E-state index < -0.39 is 10.8 Å². The summed E-state index contributed by atoms with van der Waals surface area (Å²) in [6.07, 6.45) is 0.197. The number of amides is 2. The number of nitro groups is 1. The quantitative estimate of drug-likeness (QED) is 0.498. The Bertz CT molecular complexity index is 530. The highest BCUT2D eigenvalue weighted by molar-refractivity contribution is 5.94. The third-order valence-electron chi connectivity index (χ3n) is 2.52. The summed E-state index contributed by atoms with van der Waals surface area (Å²) in [7, 11) is 0. The Morgan fingerprint density at radius 3 is 2.65 bits per heavy atom. The summed E-state index contributed by atoms with van der Waals surface area (Å²) in [6, 6.07) is 3.90. The topological polar surface area (TPSA) is 127 Å². The molecule has 1 aromatic carbocycles. The van der Waals surface area contributed by atoms with Gasteiger partial charge in [0.2, 0.25) is 11.8 Å². The number of primary amides is 1. The lowest BCUT2D eigenvalue weighted by Gasteiger charge is -2.08. The van der Waals surface area contributed by atoms with Gasteiger partial charge >= 0.3 is 0 Å². The molecule has 8 heteroatoms. The smallest absolute Gasteiger partial charge is 0.293 e. The van der Waals surface area contributed by atoms with Crippen LogP contribution in [0.2, 0.25) is 0 Å². The van der Waals surface area contributed by atoms with Gasteiger partial charge < -0.3 is 16.4 Å². The lowest BCUT2D eigenvalue weighted by Crippen LogP contribution is -2.24. The molecule has 0 radical (unpaired) electrons. The highest BCUT2D eigenvalue weighted by Gasteiger charge is 2.16. The summed E-state index contributed by atoms with van der Waals surface area (Å²) >= 11 is 0. The van der Waals surface area contributed by atoms with Gasteiger partial charge in [-0.05, 0) is 19.1 Å². The molecule has 2 amide bonds. The number of nitro benzene ring substituents is 1. The molecule has 8 nitrogen and oxygen atoms in total. The van der Waals surface area contributed by atoms with E-state index in [9.17, 15) is 19.7 Å². The van der Waals surface area contributed by atoms with Crippen molar-refractivity contribution in [2.45, 2.75) is 13.3 Å². The summed E-state index contributed by atoms with van der Waals surface area (Å²) in [6.45, 7) is 2.59. The van der Waals surface area contributed by atoms with Crippen molar-refractivity contribution in [1.29, 1.82) is 0 Å². The second-order valence-electron chi connectivity index (χ2n) is 3.98. The summed E-state index contributed by atoms with van der Waals surface area (Å²) in [4.78, 5) is 32.6. The Kier molecular flexibility index (Phi) is 5.45. The van der Waals surface area contributed by atoms with Gasteiger partial charge in [-0.15, -0.1) is 0 Å². The Balaban J connectivity index is 2.77. The average molecular weight is 280 g/mol. The molecule has 0 atom stereocenters. The molecule has 0 heterocycles. The first-order valence-electron chi connectivity index (χ1n) is 6.04. The van der Waals surface area contributed by atoms with Crippen LogP contribution in [0.1, 0.15) is 23.7 Å². The van der Waals surface area contributed by atoms with Crippen LogP contribution in [0.15, 0.2) is 18.2 Å². The number of hydrogen-bond donors (Lipinski definition) is 3. The zero-order chi connectivity index (χ0) is 15.1. The molecule has 0 aliphatic heterocycles. The summed E-state index contributed by atoms with van der Waals surface area (Å²) in [5.74, 6) is -0.876. The van der Waals surface area contributed by atoms with Gasteiger partial charge in [-0.25, -0.2) is 0 Å². The largest absolute Gasteiger partial charge is 0.379 e. The second-order valence-corrected chi connectivity index (χ2v) is 3.98. The highest BCUT2D eigenvalue weighted by Crippen LogP contribution is 2.25. The van der Waals surface area contributed by atoms with Gasteiger partial charge in [0.25, 0.3) is 5.69 Å².